The summed E-state index contributed by atoms with van der Waals surface area (Å²) in [6.45, 7) is 24.2. The molecule has 0 aromatic heterocycles. The summed E-state index contributed by atoms with van der Waals surface area (Å²) >= 11 is 0. The van der Waals surface area contributed by atoms with Crippen LogP contribution in [0.5, 0.6) is 0 Å². The molecule has 0 aromatic carbocycles. The Kier molecular flexibility index (Phi) is 20.4. The van der Waals surface area contributed by atoms with Crippen LogP contribution in [0.15, 0.2) is 36.5 Å². The molecule has 0 aromatic rings. The smallest absolute Gasteiger partial charge is 0.0170 e. The van der Waals surface area contributed by atoms with E-state index in [-0.39, 0.29) is 0 Å². The van der Waals surface area contributed by atoms with Gasteiger partial charge in [-0.25, -0.2) is 0 Å². The highest BCUT2D eigenvalue weighted by atomic mass is 14.3. The molecule has 234 valence electrons. The van der Waals surface area contributed by atoms with E-state index in [0.717, 1.165) is 29.6 Å². The summed E-state index contributed by atoms with van der Waals surface area (Å²) in [6, 6.07) is 0. The second-order valence-corrected chi connectivity index (χ2v) is 14.7. The molecule has 0 amide bonds. The topological polar surface area (TPSA) is 0 Å². The van der Waals surface area contributed by atoms with Crippen LogP contribution in [0.1, 0.15) is 159 Å². The summed E-state index contributed by atoms with van der Waals surface area (Å²) in [5.74, 6) is 7.17. The maximum Gasteiger partial charge on any atom is -0.0170 e. The Morgan fingerprint density at radius 2 is 1.10 bits per heavy atom. The third-order valence-corrected chi connectivity index (χ3v) is 10.7. The van der Waals surface area contributed by atoms with E-state index in [0.29, 0.717) is 29.6 Å². The highest BCUT2D eigenvalue weighted by Gasteiger charge is 2.22. The van der Waals surface area contributed by atoms with Crippen molar-refractivity contribution in [3.8, 4) is 0 Å². The molecule has 0 spiro atoms. The molecule has 0 aliphatic heterocycles. The number of rotatable bonds is 21. The van der Waals surface area contributed by atoms with Crippen LogP contribution in [-0.4, -0.2) is 0 Å². The summed E-state index contributed by atoms with van der Waals surface area (Å²) < 4.78 is 0. The molecule has 0 bridgehead atoms. The minimum Gasteiger partial charge on any atom is -0.0851 e. The molecule has 0 N–H and O–H groups in total. The van der Waals surface area contributed by atoms with Gasteiger partial charge in [-0.15, -0.1) is 0 Å². The average molecular weight is 555 g/mol. The first kappa shape index (κ1) is 37.2. The second kappa shape index (κ2) is 21.9. The molecule has 0 radical (unpaired) electrons. The number of hydrogen-bond acceptors (Lipinski definition) is 0. The Morgan fingerprint density at radius 1 is 0.575 bits per heavy atom. The van der Waals surface area contributed by atoms with E-state index in [2.05, 4.69) is 106 Å². The molecule has 1 fully saturated rings. The summed E-state index contributed by atoms with van der Waals surface area (Å²) in [5, 5.41) is 0. The van der Waals surface area contributed by atoms with Crippen LogP contribution in [0, 0.1) is 59.2 Å². The molecule has 1 aliphatic rings. The van der Waals surface area contributed by atoms with Crippen molar-refractivity contribution in [1.29, 1.82) is 0 Å². The molecule has 0 nitrogen and oxygen atoms in total. The van der Waals surface area contributed by atoms with Crippen LogP contribution in [0.4, 0.5) is 0 Å². The number of hydrogen-bond donors (Lipinski definition) is 0. The summed E-state index contributed by atoms with van der Waals surface area (Å²) in [6.07, 6.45) is 35.0. The van der Waals surface area contributed by atoms with E-state index in [9.17, 15) is 0 Å². The van der Waals surface area contributed by atoms with E-state index in [1.807, 2.05) is 0 Å². The van der Waals surface area contributed by atoms with E-state index < -0.39 is 0 Å². The third-order valence-electron chi connectivity index (χ3n) is 10.7. The zero-order valence-electron chi connectivity index (χ0n) is 29.1. The monoisotopic (exact) mass is 555 g/mol. The van der Waals surface area contributed by atoms with Crippen molar-refractivity contribution in [1.82, 2.24) is 0 Å². The van der Waals surface area contributed by atoms with Crippen LogP contribution in [0.2, 0.25) is 0 Å². The molecule has 1 aliphatic carbocycles. The molecular weight excluding hydrogens is 480 g/mol. The van der Waals surface area contributed by atoms with E-state index in [1.165, 1.54) is 89.9 Å². The minimum atomic E-state index is 0.599. The quantitative estimate of drug-likeness (QED) is 0.124. The van der Waals surface area contributed by atoms with Crippen molar-refractivity contribution >= 4 is 0 Å². The Labute approximate surface area is 254 Å². The SMILES string of the molecule is CCCCC(C)C(C)C=CC(CC(C)CC)C(C)C=CC(CC1CCCCC1)C(C)C=CC(CCCC)C(C)C. The summed E-state index contributed by atoms with van der Waals surface area (Å²) in [5.41, 5.74) is 0. The Morgan fingerprint density at radius 3 is 1.68 bits per heavy atom. The van der Waals surface area contributed by atoms with E-state index in [4.69, 9.17) is 0 Å². The lowest BCUT2D eigenvalue weighted by molar-refractivity contribution is 0.286. The number of unbranched alkanes of at least 4 members (excludes halogenated alkanes) is 2. The third kappa shape index (κ3) is 15.4. The van der Waals surface area contributed by atoms with Gasteiger partial charge in [-0.3, -0.25) is 0 Å². The first-order chi connectivity index (χ1) is 19.1. The van der Waals surface area contributed by atoms with Gasteiger partial charge in [-0.1, -0.05) is 176 Å². The molecule has 8 atom stereocenters. The van der Waals surface area contributed by atoms with Crippen LogP contribution in [0.25, 0.3) is 0 Å². The van der Waals surface area contributed by atoms with Gasteiger partial charge in [0.15, 0.2) is 0 Å². The molecule has 0 saturated heterocycles. The van der Waals surface area contributed by atoms with Crippen molar-refractivity contribution in [2.75, 3.05) is 0 Å². The predicted molar refractivity (Wildman–Crippen MR) is 184 cm³/mol. The lowest BCUT2D eigenvalue weighted by Gasteiger charge is -2.29. The number of allylic oxidation sites excluding steroid dienone is 6. The van der Waals surface area contributed by atoms with Crippen LogP contribution in [-0.2, 0) is 0 Å². The van der Waals surface area contributed by atoms with Crippen LogP contribution < -0.4 is 0 Å². The van der Waals surface area contributed by atoms with Gasteiger partial charge < -0.3 is 0 Å². The summed E-state index contributed by atoms with van der Waals surface area (Å²) in [4.78, 5) is 0. The van der Waals surface area contributed by atoms with Gasteiger partial charge in [0.1, 0.15) is 0 Å². The van der Waals surface area contributed by atoms with Crippen molar-refractivity contribution in [2.24, 2.45) is 59.2 Å². The van der Waals surface area contributed by atoms with Crippen LogP contribution in [0.3, 0.4) is 0 Å². The molecule has 8 unspecified atom stereocenters. The summed E-state index contributed by atoms with van der Waals surface area (Å²) in [7, 11) is 0. The standard InChI is InChI=1S/C40H74/c1-11-14-19-33(7)34(8)23-27-39(29-32(6)13-3)35(9)25-28-40(30-37-20-17-16-18-21-37)36(10)24-26-38(31(4)5)22-15-12-2/h23-28,31-40H,11-22,29-30H2,1-10H3. The fraction of sp³-hybridized carbons (Fsp3) is 0.850. The van der Waals surface area contributed by atoms with Gasteiger partial charge in [0.05, 0.1) is 0 Å². The molecular formula is C40H74. The lowest BCUT2D eigenvalue weighted by atomic mass is 9.77. The highest BCUT2D eigenvalue weighted by molar-refractivity contribution is 5.05. The van der Waals surface area contributed by atoms with Crippen molar-refractivity contribution in [3.05, 3.63) is 36.5 Å². The van der Waals surface area contributed by atoms with Crippen molar-refractivity contribution in [2.45, 2.75) is 159 Å². The van der Waals surface area contributed by atoms with Gasteiger partial charge >= 0.3 is 0 Å². The van der Waals surface area contributed by atoms with Gasteiger partial charge in [0.2, 0.25) is 0 Å². The zero-order chi connectivity index (χ0) is 29.9. The zero-order valence-corrected chi connectivity index (χ0v) is 29.1. The molecule has 0 heteroatoms. The highest BCUT2D eigenvalue weighted by Crippen LogP contribution is 2.34. The Bertz CT molecular complexity index is 674. The molecule has 0 heterocycles. The molecule has 1 saturated carbocycles. The van der Waals surface area contributed by atoms with Gasteiger partial charge in [-0.2, -0.15) is 0 Å². The van der Waals surface area contributed by atoms with Gasteiger partial charge in [0.25, 0.3) is 0 Å². The van der Waals surface area contributed by atoms with Crippen molar-refractivity contribution in [3.63, 3.8) is 0 Å². The maximum atomic E-state index is 2.68. The molecule has 40 heavy (non-hydrogen) atoms. The van der Waals surface area contributed by atoms with Gasteiger partial charge in [0, 0.05) is 0 Å². The van der Waals surface area contributed by atoms with E-state index in [1.54, 1.807) is 0 Å². The Balaban J connectivity index is 3.08. The fourth-order valence-corrected chi connectivity index (χ4v) is 6.69. The fourth-order valence-electron chi connectivity index (χ4n) is 6.69. The van der Waals surface area contributed by atoms with Crippen LogP contribution >= 0.6 is 0 Å². The van der Waals surface area contributed by atoms with Gasteiger partial charge in [-0.05, 0) is 78.4 Å². The van der Waals surface area contributed by atoms with Crippen molar-refractivity contribution < 1.29 is 0 Å². The Hall–Kier alpha value is -0.780. The average Bonchev–Trinajstić information content (AvgIpc) is 2.95. The first-order valence-electron chi connectivity index (χ1n) is 18.2. The predicted octanol–water partition coefficient (Wildman–Crippen LogP) is 13.5. The first-order valence-corrected chi connectivity index (χ1v) is 18.2. The largest absolute Gasteiger partial charge is 0.0851 e. The normalized spacial score (nSPS) is 21.7. The maximum absolute atomic E-state index is 2.68. The molecule has 1 rings (SSSR count). The van der Waals surface area contributed by atoms with E-state index >= 15 is 0 Å². The minimum absolute atomic E-state index is 0.599. The second-order valence-electron chi connectivity index (χ2n) is 14.7. The lowest BCUT2D eigenvalue weighted by Crippen LogP contribution is -2.17.